The van der Waals surface area contributed by atoms with Crippen LogP contribution in [-0.4, -0.2) is 36.4 Å². The summed E-state index contributed by atoms with van der Waals surface area (Å²) >= 11 is 0. The summed E-state index contributed by atoms with van der Waals surface area (Å²) in [6.45, 7) is -2.24. The van der Waals surface area contributed by atoms with E-state index in [2.05, 4.69) is 0 Å². The standard InChI is InChI=1S/C30H31O6PS/c1-33-25-10-16-28(17-11-25)37(4,29-18-12-26(34-2)13-19-29,30-20-14-27(35-3)15-21-30)36-38(31,32)23-22-24-8-6-5-7-9-24/h5-23H,1-4H3. The van der Waals surface area contributed by atoms with Gasteiger partial charge in [0.25, 0.3) is 0 Å². The second-order valence-electron chi connectivity index (χ2n) is 8.84. The van der Waals surface area contributed by atoms with Crippen molar-refractivity contribution in [3.8, 4) is 17.2 Å². The van der Waals surface area contributed by atoms with Crippen molar-refractivity contribution < 1.29 is 26.6 Å². The second kappa shape index (κ2) is 11.0. The van der Waals surface area contributed by atoms with Gasteiger partial charge in [-0.15, -0.1) is 0 Å². The van der Waals surface area contributed by atoms with Gasteiger partial charge in [0, 0.05) is 0 Å². The number of methoxy groups -OCH3 is 3. The van der Waals surface area contributed by atoms with Crippen molar-refractivity contribution in [1.29, 1.82) is 0 Å². The van der Waals surface area contributed by atoms with Crippen LogP contribution in [0.5, 0.6) is 17.2 Å². The Kier molecular flexibility index (Phi) is 7.93. The minimum atomic E-state index is -4.20. The van der Waals surface area contributed by atoms with Gasteiger partial charge in [-0.3, -0.25) is 0 Å². The molecular formula is C30H31O6PS. The summed E-state index contributed by atoms with van der Waals surface area (Å²) in [7, 11) is 0.555. The average Bonchev–Trinajstić information content (AvgIpc) is 2.96. The first-order valence-corrected chi connectivity index (χ1v) is 15.9. The molecule has 0 aliphatic carbocycles. The first-order chi connectivity index (χ1) is 18.2. The molecule has 0 N–H and O–H groups in total. The first-order valence-electron chi connectivity index (χ1n) is 11.9. The molecule has 0 heterocycles. The van der Waals surface area contributed by atoms with E-state index in [1.165, 1.54) is 6.08 Å². The zero-order chi connectivity index (χ0) is 27.3. The SMILES string of the molecule is COc1ccc(P(C)(OS(=O)(=O)C=Cc2ccccc2)(c2ccc(OC)cc2)c2ccc(OC)cc2)cc1. The molecule has 38 heavy (non-hydrogen) atoms. The molecule has 0 bridgehead atoms. The maximum absolute atomic E-state index is 13.8. The number of hydrogen-bond donors (Lipinski definition) is 0. The van der Waals surface area contributed by atoms with E-state index in [9.17, 15) is 8.42 Å². The number of ether oxygens (including phenoxy) is 3. The molecule has 198 valence electrons. The van der Waals surface area contributed by atoms with Crippen LogP contribution < -0.4 is 30.1 Å². The van der Waals surface area contributed by atoms with Gasteiger partial charge in [-0.1, -0.05) is 0 Å². The molecule has 6 nitrogen and oxygen atoms in total. The second-order valence-corrected chi connectivity index (χ2v) is 15.2. The van der Waals surface area contributed by atoms with Crippen LogP contribution in [0.3, 0.4) is 0 Å². The Morgan fingerprint density at radius 1 is 0.579 bits per heavy atom. The molecule has 8 heteroatoms. The Morgan fingerprint density at radius 2 is 0.947 bits per heavy atom. The third kappa shape index (κ3) is 5.32. The molecule has 4 aromatic rings. The van der Waals surface area contributed by atoms with Gasteiger partial charge in [0.05, 0.1) is 0 Å². The Morgan fingerprint density at radius 3 is 1.29 bits per heavy atom. The molecule has 0 saturated heterocycles. The van der Waals surface area contributed by atoms with E-state index in [-0.39, 0.29) is 0 Å². The summed E-state index contributed by atoms with van der Waals surface area (Å²) in [6, 6.07) is 31.2. The van der Waals surface area contributed by atoms with Crippen LogP contribution in [0.2, 0.25) is 0 Å². The zero-order valence-corrected chi connectivity index (χ0v) is 23.5. The van der Waals surface area contributed by atoms with Gasteiger partial charge in [-0.05, 0) is 0 Å². The van der Waals surface area contributed by atoms with E-state index in [4.69, 9.17) is 18.2 Å². The monoisotopic (exact) mass is 550 g/mol. The average molecular weight is 551 g/mol. The Bertz CT molecular complexity index is 1380. The number of hydrogen-bond acceptors (Lipinski definition) is 6. The fraction of sp³-hybridized carbons (Fsp3) is 0.133. The molecule has 0 aliphatic rings. The van der Waals surface area contributed by atoms with Crippen LogP contribution in [0.25, 0.3) is 6.08 Å². The van der Waals surface area contributed by atoms with E-state index in [0.29, 0.717) is 33.2 Å². The van der Waals surface area contributed by atoms with Crippen molar-refractivity contribution in [2.24, 2.45) is 0 Å². The van der Waals surface area contributed by atoms with Gasteiger partial charge in [-0.2, -0.15) is 0 Å². The Balaban J connectivity index is 2.01. The molecule has 0 spiro atoms. The molecule has 0 unspecified atom stereocenters. The predicted molar refractivity (Wildman–Crippen MR) is 156 cm³/mol. The normalized spacial score (nSPS) is 13.0. The summed E-state index contributed by atoms with van der Waals surface area (Å²) in [5.41, 5.74) is 0.745. The molecule has 0 aromatic heterocycles. The molecule has 4 aromatic carbocycles. The van der Waals surface area contributed by atoms with Gasteiger partial charge in [-0.25, -0.2) is 0 Å². The summed E-state index contributed by atoms with van der Waals surface area (Å²) in [6.07, 6.45) is 1.53. The number of benzene rings is 4. The Labute approximate surface area is 224 Å². The van der Waals surface area contributed by atoms with Crippen LogP contribution >= 0.6 is 6.83 Å². The topological polar surface area (TPSA) is 71.1 Å². The van der Waals surface area contributed by atoms with Crippen LogP contribution in [0.4, 0.5) is 0 Å². The minimum absolute atomic E-state index is 0.648. The quantitative estimate of drug-likeness (QED) is 0.256. The third-order valence-corrected chi connectivity index (χ3v) is 14.0. The maximum atomic E-state index is 13.8. The van der Waals surface area contributed by atoms with Crippen LogP contribution in [0.15, 0.2) is 109 Å². The van der Waals surface area contributed by atoms with E-state index in [0.717, 1.165) is 11.0 Å². The van der Waals surface area contributed by atoms with Gasteiger partial charge in [0.15, 0.2) is 0 Å². The first kappa shape index (κ1) is 27.4. The molecule has 4 rings (SSSR count). The molecule has 0 atom stereocenters. The fourth-order valence-corrected chi connectivity index (χ4v) is 11.5. The van der Waals surface area contributed by atoms with Crippen molar-refractivity contribution in [2.75, 3.05) is 28.0 Å². The van der Waals surface area contributed by atoms with Crippen molar-refractivity contribution >= 4 is 38.9 Å². The van der Waals surface area contributed by atoms with Gasteiger partial charge in [0.1, 0.15) is 0 Å². The van der Waals surface area contributed by atoms with Crippen molar-refractivity contribution in [3.05, 3.63) is 114 Å². The van der Waals surface area contributed by atoms with Crippen molar-refractivity contribution in [1.82, 2.24) is 0 Å². The van der Waals surface area contributed by atoms with E-state index in [1.54, 1.807) is 21.3 Å². The van der Waals surface area contributed by atoms with Crippen molar-refractivity contribution in [3.63, 3.8) is 0 Å². The van der Waals surface area contributed by atoms with E-state index >= 15 is 0 Å². The van der Waals surface area contributed by atoms with Crippen molar-refractivity contribution in [2.45, 2.75) is 0 Å². The summed E-state index contributed by atoms with van der Waals surface area (Å²) in [4.78, 5) is 0. The summed E-state index contributed by atoms with van der Waals surface area (Å²) in [5.74, 6) is 1.94. The number of rotatable bonds is 10. The Hall–Kier alpha value is -3.64. The molecule has 0 aliphatic heterocycles. The predicted octanol–water partition coefficient (Wildman–Crippen LogP) is 5.10. The van der Waals surface area contributed by atoms with Gasteiger partial charge < -0.3 is 0 Å². The third-order valence-electron chi connectivity index (χ3n) is 6.60. The van der Waals surface area contributed by atoms with Crippen LogP contribution in [0.1, 0.15) is 5.56 Å². The van der Waals surface area contributed by atoms with E-state index in [1.807, 2.05) is 110 Å². The molecule has 0 fully saturated rings. The fourth-order valence-electron chi connectivity index (χ4n) is 4.41. The van der Waals surface area contributed by atoms with Crippen LogP contribution in [0, 0.1) is 0 Å². The van der Waals surface area contributed by atoms with Gasteiger partial charge >= 0.3 is 225 Å². The van der Waals surface area contributed by atoms with E-state index < -0.39 is 16.9 Å². The van der Waals surface area contributed by atoms with Gasteiger partial charge in [0.2, 0.25) is 0 Å². The molecule has 0 amide bonds. The summed E-state index contributed by atoms with van der Waals surface area (Å²) < 4.78 is 50.2. The zero-order valence-electron chi connectivity index (χ0n) is 21.8. The molecular weight excluding hydrogens is 519 g/mol. The summed E-state index contributed by atoms with van der Waals surface area (Å²) in [5, 5.41) is 3.25. The molecule has 0 saturated carbocycles. The van der Waals surface area contributed by atoms with Crippen LogP contribution in [-0.2, 0) is 14.1 Å². The molecule has 0 radical (unpaired) electrons.